The lowest BCUT2D eigenvalue weighted by molar-refractivity contribution is -0.143. The SMILES string of the molecule is [N-]=[N+]=NC[C@@H](O)[C@@H]1C[C@H](O)[C@@H](O)O1. The van der Waals surface area contributed by atoms with E-state index in [-0.39, 0.29) is 13.0 Å². The number of nitrogens with zero attached hydrogens (tertiary/aromatic N) is 3. The summed E-state index contributed by atoms with van der Waals surface area (Å²) in [5.41, 5.74) is 7.97. The fourth-order valence-electron chi connectivity index (χ4n) is 1.17. The van der Waals surface area contributed by atoms with E-state index >= 15 is 0 Å². The van der Waals surface area contributed by atoms with E-state index in [1.165, 1.54) is 0 Å². The van der Waals surface area contributed by atoms with Crippen LogP contribution in [0.1, 0.15) is 6.42 Å². The normalized spacial score (nSPS) is 35.5. The van der Waals surface area contributed by atoms with Crippen LogP contribution in [0.4, 0.5) is 0 Å². The molecule has 0 aliphatic carbocycles. The molecule has 3 N–H and O–H groups in total. The lowest BCUT2D eigenvalue weighted by atomic mass is 10.1. The van der Waals surface area contributed by atoms with Crippen molar-refractivity contribution in [1.29, 1.82) is 0 Å². The van der Waals surface area contributed by atoms with E-state index in [1.54, 1.807) is 0 Å². The second-order valence-electron chi connectivity index (χ2n) is 2.85. The van der Waals surface area contributed by atoms with Gasteiger partial charge >= 0.3 is 0 Å². The monoisotopic (exact) mass is 189 g/mol. The summed E-state index contributed by atoms with van der Waals surface area (Å²) in [6.07, 6.45) is -3.75. The van der Waals surface area contributed by atoms with E-state index in [4.69, 9.17) is 20.5 Å². The molecule has 7 heteroatoms. The molecule has 7 nitrogen and oxygen atoms in total. The molecule has 1 fully saturated rings. The molecule has 13 heavy (non-hydrogen) atoms. The topological polar surface area (TPSA) is 119 Å². The molecule has 0 amide bonds. The van der Waals surface area contributed by atoms with Gasteiger partial charge in [0.1, 0.15) is 6.10 Å². The van der Waals surface area contributed by atoms with Gasteiger partial charge in [-0.05, 0) is 5.53 Å². The lowest BCUT2D eigenvalue weighted by Crippen LogP contribution is -2.28. The van der Waals surface area contributed by atoms with Gasteiger partial charge in [0.15, 0.2) is 6.29 Å². The predicted molar refractivity (Wildman–Crippen MR) is 41.5 cm³/mol. The van der Waals surface area contributed by atoms with Gasteiger partial charge in [-0.1, -0.05) is 5.11 Å². The van der Waals surface area contributed by atoms with Crippen LogP contribution < -0.4 is 0 Å². The Kier molecular flexibility index (Phi) is 3.47. The van der Waals surface area contributed by atoms with Gasteiger partial charge in [0, 0.05) is 11.3 Å². The molecule has 0 aromatic carbocycles. The smallest absolute Gasteiger partial charge is 0.181 e. The van der Waals surface area contributed by atoms with Gasteiger partial charge < -0.3 is 20.1 Å². The number of hydrogen-bond donors (Lipinski definition) is 3. The minimum Gasteiger partial charge on any atom is -0.390 e. The number of hydrogen-bond acceptors (Lipinski definition) is 5. The van der Waals surface area contributed by atoms with Crippen molar-refractivity contribution in [1.82, 2.24) is 0 Å². The first-order valence-electron chi connectivity index (χ1n) is 3.85. The molecule has 4 atom stereocenters. The Morgan fingerprint density at radius 1 is 1.62 bits per heavy atom. The van der Waals surface area contributed by atoms with Crippen molar-refractivity contribution >= 4 is 0 Å². The van der Waals surface area contributed by atoms with Crippen molar-refractivity contribution in [2.75, 3.05) is 6.54 Å². The van der Waals surface area contributed by atoms with Gasteiger partial charge in [-0.3, -0.25) is 0 Å². The summed E-state index contributed by atoms with van der Waals surface area (Å²) in [4.78, 5) is 2.47. The van der Waals surface area contributed by atoms with Crippen LogP contribution in [0.2, 0.25) is 0 Å². The molecular formula is C6H11N3O4. The third kappa shape index (κ3) is 2.55. The Morgan fingerprint density at radius 3 is 2.77 bits per heavy atom. The van der Waals surface area contributed by atoms with Gasteiger partial charge in [-0.15, -0.1) is 0 Å². The first kappa shape index (κ1) is 10.2. The highest BCUT2D eigenvalue weighted by atomic mass is 16.6. The number of rotatable bonds is 3. The fourth-order valence-corrected chi connectivity index (χ4v) is 1.17. The molecule has 74 valence electrons. The van der Waals surface area contributed by atoms with Crippen molar-refractivity contribution in [3.05, 3.63) is 10.4 Å². The van der Waals surface area contributed by atoms with E-state index < -0.39 is 24.6 Å². The molecule has 0 radical (unpaired) electrons. The number of aliphatic hydroxyl groups is 3. The molecule has 0 spiro atoms. The third-order valence-electron chi connectivity index (χ3n) is 1.88. The number of aliphatic hydroxyl groups excluding tert-OH is 3. The first-order chi connectivity index (χ1) is 6.15. The van der Waals surface area contributed by atoms with Crippen LogP contribution in [-0.2, 0) is 4.74 Å². The number of ether oxygens (including phenoxy) is 1. The molecule has 1 heterocycles. The highest BCUT2D eigenvalue weighted by molar-refractivity contribution is 4.82. The summed E-state index contributed by atoms with van der Waals surface area (Å²) in [6, 6.07) is 0. The van der Waals surface area contributed by atoms with Crippen molar-refractivity contribution in [2.24, 2.45) is 5.11 Å². The Balaban J connectivity index is 2.40. The van der Waals surface area contributed by atoms with E-state index in [9.17, 15) is 5.11 Å². The van der Waals surface area contributed by atoms with E-state index in [2.05, 4.69) is 10.0 Å². The standard InChI is InChI=1S/C6H11N3O4/c7-9-8-2-4(11)5-1-3(10)6(12)13-5/h3-6,10-12H,1-2H2/t3-,4+,5-,6-/m0/s1. The van der Waals surface area contributed by atoms with Gasteiger partial charge in [-0.2, -0.15) is 0 Å². The molecule has 1 rings (SSSR count). The average Bonchev–Trinajstić information content (AvgIpc) is 2.43. The minimum absolute atomic E-state index is 0.124. The van der Waals surface area contributed by atoms with Gasteiger partial charge in [0.2, 0.25) is 0 Å². The van der Waals surface area contributed by atoms with Gasteiger partial charge in [-0.25, -0.2) is 0 Å². The highest BCUT2D eigenvalue weighted by Gasteiger charge is 2.36. The van der Waals surface area contributed by atoms with E-state index in [0.29, 0.717) is 0 Å². The Labute approximate surface area is 74.2 Å². The molecule has 0 unspecified atom stereocenters. The van der Waals surface area contributed by atoms with Crippen molar-refractivity contribution in [2.45, 2.75) is 31.0 Å². The predicted octanol–water partition coefficient (Wildman–Crippen LogP) is -0.874. The van der Waals surface area contributed by atoms with Crippen LogP contribution in [0, 0.1) is 0 Å². The Hall–Kier alpha value is -0.850. The first-order valence-corrected chi connectivity index (χ1v) is 3.85. The molecule has 0 saturated carbocycles. The largest absolute Gasteiger partial charge is 0.390 e. The zero-order valence-electron chi connectivity index (χ0n) is 6.82. The summed E-state index contributed by atoms with van der Waals surface area (Å²) >= 11 is 0. The maximum Gasteiger partial charge on any atom is 0.181 e. The molecular weight excluding hydrogens is 178 g/mol. The minimum atomic E-state index is -1.26. The van der Waals surface area contributed by atoms with Crippen LogP contribution in [0.5, 0.6) is 0 Å². The molecule has 1 aliphatic heterocycles. The Morgan fingerprint density at radius 2 is 2.31 bits per heavy atom. The molecule has 0 bridgehead atoms. The third-order valence-corrected chi connectivity index (χ3v) is 1.88. The molecule has 1 aliphatic rings. The molecule has 0 aromatic heterocycles. The van der Waals surface area contributed by atoms with Crippen molar-refractivity contribution < 1.29 is 20.1 Å². The van der Waals surface area contributed by atoms with Crippen molar-refractivity contribution in [3.63, 3.8) is 0 Å². The van der Waals surface area contributed by atoms with E-state index in [0.717, 1.165) is 0 Å². The molecule has 1 saturated heterocycles. The summed E-state index contributed by atoms with van der Waals surface area (Å²) in [5, 5.41) is 30.5. The van der Waals surface area contributed by atoms with Gasteiger partial charge in [0.05, 0.1) is 18.8 Å². The van der Waals surface area contributed by atoms with Crippen molar-refractivity contribution in [3.8, 4) is 0 Å². The maximum absolute atomic E-state index is 9.30. The fraction of sp³-hybridized carbons (Fsp3) is 1.00. The van der Waals surface area contributed by atoms with Crippen LogP contribution in [0.15, 0.2) is 5.11 Å². The lowest BCUT2D eigenvalue weighted by Gasteiger charge is -2.14. The number of azide groups is 1. The quantitative estimate of drug-likeness (QED) is 0.303. The van der Waals surface area contributed by atoms with Crippen LogP contribution in [-0.4, -0.2) is 46.5 Å². The zero-order valence-corrected chi connectivity index (χ0v) is 6.82. The second kappa shape index (κ2) is 4.40. The van der Waals surface area contributed by atoms with Crippen LogP contribution in [0.25, 0.3) is 10.4 Å². The van der Waals surface area contributed by atoms with Crippen LogP contribution >= 0.6 is 0 Å². The summed E-state index contributed by atoms with van der Waals surface area (Å²) in [6.45, 7) is -0.124. The Bertz CT molecular complexity index is 208. The molecule has 0 aromatic rings. The average molecular weight is 189 g/mol. The highest BCUT2D eigenvalue weighted by Crippen LogP contribution is 2.21. The maximum atomic E-state index is 9.30. The van der Waals surface area contributed by atoms with E-state index in [1.807, 2.05) is 0 Å². The summed E-state index contributed by atoms with van der Waals surface area (Å²) in [5.74, 6) is 0. The second-order valence-corrected chi connectivity index (χ2v) is 2.85. The van der Waals surface area contributed by atoms with Crippen LogP contribution in [0.3, 0.4) is 0 Å². The summed E-state index contributed by atoms with van der Waals surface area (Å²) in [7, 11) is 0. The summed E-state index contributed by atoms with van der Waals surface area (Å²) < 4.78 is 4.80. The zero-order chi connectivity index (χ0) is 9.84. The van der Waals surface area contributed by atoms with Gasteiger partial charge in [0.25, 0.3) is 0 Å².